The summed E-state index contributed by atoms with van der Waals surface area (Å²) in [5.74, 6) is 1.29. The number of nitrogens with one attached hydrogen (secondary N) is 1. The summed E-state index contributed by atoms with van der Waals surface area (Å²) in [6, 6.07) is 15.4. The van der Waals surface area contributed by atoms with Gasteiger partial charge in [-0.05, 0) is 24.6 Å². The quantitative estimate of drug-likeness (QED) is 0.533. The van der Waals surface area contributed by atoms with Crippen LogP contribution >= 0.6 is 0 Å². The number of nitrogens with zero attached hydrogens (tertiary/aromatic N) is 4. The normalized spacial score (nSPS) is 12.6. The average Bonchev–Trinajstić information content (AvgIpc) is 3.35. The molecule has 0 saturated carbocycles. The van der Waals surface area contributed by atoms with Crippen LogP contribution in [0.3, 0.4) is 0 Å². The lowest BCUT2D eigenvalue weighted by Gasteiger charge is -2.11. The lowest BCUT2D eigenvalue weighted by Crippen LogP contribution is -2.15. The first-order valence-electron chi connectivity index (χ1n) is 9.72. The third kappa shape index (κ3) is 3.02. The third-order valence-electron chi connectivity index (χ3n) is 5.17. The summed E-state index contributed by atoms with van der Waals surface area (Å²) in [6.07, 6.45) is 0.756. The second-order valence-corrected chi connectivity index (χ2v) is 7.15. The molecule has 0 spiro atoms. The van der Waals surface area contributed by atoms with Crippen LogP contribution in [0.25, 0.3) is 16.9 Å². The van der Waals surface area contributed by atoms with E-state index in [4.69, 9.17) is 15.5 Å². The molecule has 1 aliphatic heterocycles. The zero-order valence-corrected chi connectivity index (χ0v) is 16.4. The molecule has 0 radical (unpaired) electrons. The van der Waals surface area contributed by atoms with Gasteiger partial charge >= 0.3 is 0 Å². The fraction of sp³-hybridized carbons (Fsp3) is 0.182. The van der Waals surface area contributed by atoms with Gasteiger partial charge in [-0.25, -0.2) is 9.50 Å². The fourth-order valence-corrected chi connectivity index (χ4v) is 3.74. The molecule has 0 unspecified atom stereocenters. The van der Waals surface area contributed by atoms with E-state index in [1.807, 2.05) is 31.2 Å². The summed E-state index contributed by atoms with van der Waals surface area (Å²) < 4.78 is 7.29. The molecule has 0 bridgehead atoms. The zero-order chi connectivity index (χ0) is 20.7. The zero-order valence-electron chi connectivity index (χ0n) is 16.4. The Hall–Kier alpha value is -3.94. The highest BCUT2D eigenvalue weighted by Crippen LogP contribution is 2.34. The molecule has 1 amide bonds. The molecule has 3 N–H and O–H groups in total. The maximum absolute atomic E-state index is 11.8. The number of rotatable bonds is 5. The number of aromatic nitrogens is 4. The number of anilines is 1. The summed E-state index contributed by atoms with van der Waals surface area (Å²) >= 11 is 0. The van der Waals surface area contributed by atoms with Crippen molar-refractivity contribution in [2.45, 2.75) is 19.9 Å². The van der Waals surface area contributed by atoms with Gasteiger partial charge in [-0.1, -0.05) is 36.4 Å². The Morgan fingerprint density at radius 3 is 2.80 bits per heavy atom. The number of amides is 1. The van der Waals surface area contributed by atoms with Crippen LogP contribution in [0.15, 0.2) is 48.5 Å². The molecule has 4 heterocycles. The van der Waals surface area contributed by atoms with Gasteiger partial charge in [0.25, 0.3) is 5.91 Å². The summed E-state index contributed by atoms with van der Waals surface area (Å²) in [4.78, 5) is 21.3. The number of carbonyl (C=O) groups is 1. The van der Waals surface area contributed by atoms with E-state index in [2.05, 4.69) is 27.5 Å². The summed E-state index contributed by atoms with van der Waals surface area (Å²) in [7, 11) is 0. The standard InChI is InChI=1S/C22H20N6O2/c1-13-18(16-8-5-9-17(19(23)29)28(16)27-13)21-25-20(15-10-11-30-22(15)26-21)24-12-14-6-3-2-4-7-14/h2-9H,10-12H2,1H3,(H2,23,29)(H,24,25,26). The Labute approximate surface area is 172 Å². The van der Waals surface area contributed by atoms with Gasteiger partial charge in [0.15, 0.2) is 5.82 Å². The van der Waals surface area contributed by atoms with E-state index >= 15 is 0 Å². The molecule has 8 nitrogen and oxygen atoms in total. The predicted octanol–water partition coefficient (Wildman–Crippen LogP) is 2.75. The summed E-state index contributed by atoms with van der Waals surface area (Å²) in [5.41, 5.74) is 10.1. The Balaban J connectivity index is 1.61. The lowest BCUT2D eigenvalue weighted by atomic mass is 10.1. The van der Waals surface area contributed by atoms with Crippen molar-refractivity contribution in [3.8, 4) is 17.3 Å². The molecular weight excluding hydrogens is 380 g/mol. The fourth-order valence-electron chi connectivity index (χ4n) is 3.74. The van der Waals surface area contributed by atoms with Crippen molar-refractivity contribution in [3.63, 3.8) is 0 Å². The highest BCUT2D eigenvalue weighted by molar-refractivity contribution is 5.93. The minimum Gasteiger partial charge on any atom is -0.477 e. The van der Waals surface area contributed by atoms with Crippen LogP contribution in [0.1, 0.15) is 27.3 Å². The van der Waals surface area contributed by atoms with Crippen molar-refractivity contribution in [1.29, 1.82) is 0 Å². The smallest absolute Gasteiger partial charge is 0.267 e. The van der Waals surface area contributed by atoms with E-state index in [9.17, 15) is 4.79 Å². The van der Waals surface area contributed by atoms with Crippen LogP contribution in [0.2, 0.25) is 0 Å². The number of hydrogen-bond acceptors (Lipinski definition) is 6. The number of ether oxygens (including phenoxy) is 1. The second-order valence-electron chi connectivity index (χ2n) is 7.15. The minimum atomic E-state index is -0.543. The van der Waals surface area contributed by atoms with Gasteiger partial charge in [0, 0.05) is 13.0 Å². The van der Waals surface area contributed by atoms with Crippen LogP contribution in [0, 0.1) is 6.92 Å². The van der Waals surface area contributed by atoms with Crippen LogP contribution in [0.4, 0.5) is 5.82 Å². The number of carbonyl (C=O) groups excluding carboxylic acids is 1. The van der Waals surface area contributed by atoms with E-state index in [1.165, 1.54) is 0 Å². The van der Waals surface area contributed by atoms with E-state index < -0.39 is 5.91 Å². The maximum atomic E-state index is 11.8. The molecule has 5 rings (SSSR count). The van der Waals surface area contributed by atoms with Gasteiger partial charge in [-0.15, -0.1) is 0 Å². The number of benzene rings is 1. The third-order valence-corrected chi connectivity index (χ3v) is 5.17. The van der Waals surface area contributed by atoms with Gasteiger partial charge < -0.3 is 15.8 Å². The van der Waals surface area contributed by atoms with E-state index in [-0.39, 0.29) is 0 Å². The lowest BCUT2D eigenvalue weighted by molar-refractivity contribution is 0.0993. The summed E-state index contributed by atoms with van der Waals surface area (Å²) in [5, 5.41) is 7.93. The van der Waals surface area contributed by atoms with Gasteiger partial charge in [0.05, 0.1) is 28.9 Å². The first-order valence-corrected chi connectivity index (χ1v) is 9.72. The maximum Gasteiger partial charge on any atom is 0.267 e. The molecular formula is C22H20N6O2. The van der Waals surface area contributed by atoms with Crippen molar-refractivity contribution in [2.75, 3.05) is 11.9 Å². The topological polar surface area (TPSA) is 107 Å². The van der Waals surface area contributed by atoms with Crippen molar-refractivity contribution in [1.82, 2.24) is 19.6 Å². The number of nitrogens with two attached hydrogens (primary N) is 1. The molecule has 0 atom stereocenters. The second kappa shape index (κ2) is 7.14. The minimum absolute atomic E-state index is 0.307. The number of hydrogen-bond donors (Lipinski definition) is 2. The Kier molecular flexibility index (Phi) is 4.31. The van der Waals surface area contributed by atoms with Gasteiger partial charge in [-0.3, -0.25) is 4.79 Å². The average molecular weight is 400 g/mol. The molecule has 30 heavy (non-hydrogen) atoms. The molecule has 1 aliphatic rings. The first-order chi connectivity index (χ1) is 14.6. The Bertz CT molecular complexity index is 1270. The van der Waals surface area contributed by atoms with E-state index in [0.29, 0.717) is 36.2 Å². The molecule has 0 fully saturated rings. The SMILES string of the molecule is Cc1nn2c(C(N)=O)cccc2c1-c1nc(NCc2ccccc2)c2c(n1)OCC2. The molecule has 150 valence electrons. The van der Waals surface area contributed by atoms with Crippen LogP contribution in [-0.2, 0) is 13.0 Å². The van der Waals surface area contributed by atoms with E-state index in [0.717, 1.165) is 34.4 Å². The largest absolute Gasteiger partial charge is 0.477 e. The van der Waals surface area contributed by atoms with Crippen molar-refractivity contribution in [2.24, 2.45) is 5.73 Å². The monoisotopic (exact) mass is 400 g/mol. The molecule has 8 heteroatoms. The number of primary amides is 1. The molecule has 4 aromatic rings. The Morgan fingerprint density at radius 1 is 1.17 bits per heavy atom. The Morgan fingerprint density at radius 2 is 2.00 bits per heavy atom. The molecule has 0 aliphatic carbocycles. The van der Waals surface area contributed by atoms with Gasteiger partial charge in [0.1, 0.15) is 11.5 Å². The number of pyridine rings is 1. The van der Waals surface area contributed by atoms with Crippen molar-refractivity contribution >= 4 is 17.2 Å². The van der Waals surface area contributed by atoms with Crippen molar-refractivity contribution in [3.05, 3.63) is 71.0 Å². The highest BCUT2D eigenvalue weighted by atomic mass is 16.5. The molecule has 1 aromatic carbocycles. The highest BCUT2D eigenvalue weighted by Gasteiger charge is 2.24. The molecule has 3 aromatic heterocycles. The van der Waals surface area contributed by atoms with Crippen LogP contribution in [-0.4, -0.2) is 32.1 Å². The van der Waals surface area contributed by atoms with Gasteiger partial charge in [-0.2, -0.15) is 10.1 Å². The van der Waals surface area contributed by atoms with Gasteiger partial charge in [0.2, 0.25) is 5.88 Å². The van der Waals surface area contributed by atoms with E-state index in [1.54, 1.807) is 16.6 Å². The van der Waals surface area contributed by atoms with Crippen molar-refractivity contribution < 1.29 is 9.53 Å². The predicted molar refractivity (Wildman–Crippen MR) is 112 cm³/mol. The van der Waals surface area contributed by atoms with Crippen LogP contribution in [0.5, 0.6) is 5.88 Å². The molecule has 0 saturated heterocycles. The van der Waals surface area contributed by atoms with Crippen LogP contribution < -0.4 is 15.8 Å². The summed E-state index contributed by atoms with van der Waals surface area (Å²) in [6.45, 7) is 3.08. The first kappa shape index (κ1) is 18.1. The number of fused-ring (bicyclic) bond motifs is 2. The number of aryl methyl sites for hydroxylation is 1.